The molecular weight excluding hydrogens is 202 g/mol. The standard InChI is InChI=1S/C8H10ClNS.C2H6/c1-6-3-4-7(10-11-2)5-8(6)9;1-2/h3-5,10H,1-2H3;1-2H3. The van der Waals surface area contributed by atoms with Crippen LogP contribution in [0.5, 0.6) is 0 Å². The van der Waals surface area contributed by atoms with E-state index in [1.807, 2.05) is 45.2 Å². The number of hydrogen-bond acceptors (Lipinski definition) is 2. The molecule has 0 fully saturated rings. The van der Waals surface area contributed by atoms with E-state index < -0.39 is 0 Å². The molecule has 0 unspecified atom stereocenters. The van der Waals surface area contributed by atoms with Crippen LogP contribution in [0.3, 0.4) is 0 Å². The first-order valence-electron chi connectivity index (χ1n) is 4.29. The summed E-state index contributed by atoms with van der Waals surface area (Å²) >= 11 is 7.46. The predicted molar refractivity (Wildman–Crippen MR) is 64.7 cm³/mol. The van der Waals surface area contributed by atoms with E-state index in [1.165, 1.54) is 0 Å². The van der Waals surface area contributed by atoms with E-state index in [1.54, 1.807) is 11.9 Å². The maximum Gasteiger partial charge on any atom is 0.0456 e. The molecule has 0 aliphatic rings. The number of hydrogen-bond donors (Lipinski definition) is 1. The highest BCUT2D eigenvalue weighted by Crippen LogP contribution is 2.21. The van der Waals surface area contributed by atoms with E-state index in [0.29, 0.717) is 0 Å². The van der Waals surface area contributed by atoms with E-state index in [9.17, 15) is 0 Å². The molecule has 74 valence electrons. The van der Waals surface area contributed by atoms with Crippen LogP contribution in [0.15, 0.2) is 18.2 Å². The largest absolute Gasteiger partial charge is 0.330 e. The zero-order chi connectivity index (χ0) is 10.3. The van der Waals surface area contributed by atoms with Gasteiger partial charge in [-0.1, -0.05) is 43.5 Å². The van der Waals surface area contributed by atoms with Crippen LogP contribution in [-0.2, 0) is 0 Å². The lowest BCUT2D eigenvalue weighted by molar-refractivity contribution is 1.47. The number of halogens is 1. The lowest BCUT2D eigenvalue weighted by Gasteiger charge is -2.03. The van der Waals surface area contributed by atoms with E-state index in [-0.39, 0.29) is 0 Å². The monoisotopic (exact) mass is 217 g/mol. The van der Waals surface area contributed by atoms with Crippen molar-refractivity contribution in [3.63, 3.8) is 0 Å². The summed E-state index contributed by atoms with van der Waals surface area (Å²) in [4.78, 5) is 0. The van der Waals surface area contributed by atoms with Gasteiger partial charge in [-0.05, 0) is 24.6 Å². The van der Waals surface area contributed by atoms with Crippen molar-refractivity contribution in [2.45, 2.75) is 20.8 Å². The van der Waals surface area contributed by atoms with Crippen molar-refractivity contribution < 1.29 is 0 Å². The van der Waals surface area contributed by atoms with Gasteiger partial charge in [0, 0.05) is 17.0 Å². The zero-order valence-corrected chi connectivity index (χ0v) is 10.1. The summed E-state index contributed by atoms with van der Waals surface area (Å²) in [6.07, 6.45) is 1.98. The fourth-order valence-corrected chi connectivity index (χ4v) is 1.32. The molecule has 0 aliphatic heterocycles. The van der Waals surface area contributed by atoms with Crippen molar-refractivity contribution in [1.29, 1.82) is 0 Å². The van der Waals surface area contributed by atoms with Gasteiger partial charge in [0.1, 0.15) is 0 Å². The molecule has 1 aromatic carbocycles. The minimum atomic E-state index is 0.809. The van der Waals surface area contributed by atoms with Gasteiger partial charge in [0.2, 0.25) is 0 Å². The summed E-state index contributed by atoms with van der Waals surface area (Å²) in [7, 11) is 0. The van der Waals surface area contributed by atoms with Crippen LogP contribution >= 0.6 is 23.5 Å². The summed E-state index contributed by atoms with van der Waals surface area (Å²) < 4.78 is 3.11. The second-order valence-corrected chi connectivity index (χ2v) is 3.29. The van der Waals surface area contributed by atoms with Gasteiger partial charge in [0.15, 0.2) is 0 Å². The second-order valence-electron chi connectivity index (χ2n) is 2.27. The Morgan fingerprint density at radius 2 is 1.92 bits per heavy atom. The van der Waals surface area contributed by atoms with Crippen molar-refractivity contribution in [2.24, 2.45) is 0 Å². The number of anilines is 1. The molecule has 0 saturated carbocycles. The van der Waals surface area contributed by atoms with Crippen LogP contribution in [-0.4, -0.2) is 6.26 Å². The van der Waals surface area contributed by atoms with E-state index in [0.717, 1.165) is 16.3 Å². The average molecular weight is 218 g/mol. The first kappa shape index (κ1) is 12.7. The fourth-order valence-electron chi connectivity index (χ4n) is 0.774. The van der Waals surface area contributed by atoms with Crippen LogP contribution in [0.4, 0.5) is 5.69 Å². The molecule has 0 aliphatic carbocycles. The topological polar surface area (TPSA) is 12.0 Å². The predicted octanol–water partition coefficient (Wildman–Crippen LogP) is 4.36. The number of aryl methyl sites for hydroxylation is 1. The molecule has 0 heterocycles. The molecule has 3 heteroatoms. The van der Waals surface area contributed by atoms with Crippen molar-refractivity contribution in [1.82, 2.24) is 0 Å². The van der Waals surface area contributed by atoms with Gasteiger partial charge in [-0.15, -0.1) is 0 Å². The average Bonchev–Trinajstić information content (AvgIpc) is 2.15. The van der Waals surface area contributed by atoms with Crippen LogP contribution in [0.25, 0.3) is 0 Å². The van der Waals surface area contributed by atoms with E-state index >= 15 is 0 Å². The van der Waals surface area contributed by atoms with Crippen LogP contribution < -0.4 is 4.72 Å². The highest BCUT2D eigenvalue weighted by atomic mass is 35.5. The molecule has 1 aromatic rings. The molecule has 0 bridgehead atoms. The molecule has 13 heavy (non-hydrogen) atoms. The molecule has 0 spiro atoms. The Bertz CT molecular complexity index is 251. The molecule has 1 N–H and O–H groups in total. The summed E-state index contributed by atoms with van der Waals surface area (Å²) in [6, 6.07) is 5.94. The van der Waals surface area contributed by atoms with Crippen molar-refractivity contribution >= 4 is 29.2 Å². The summed E-state index contributed by atoms with van der Waals surface area (Å²) in [6.45, 7) is 5.99. The first-order valence-corrected chi connectivity index (χ1v) is 5.89. The molecule has 0 saturated heterocycles. The third kappa shape index (κ3) is 4.44. The highest BCUT2D eigenvalue weighted by Gasteiger charge is 1.95. The van der Waals surface area contributed by atoms with E-state index in [2.05, 4.69) is 4.72 Å². The summed E-state index contributed by atoms with van der Waals surface area (Å²) in [5.74, 6) is 0. The molecule has 1 nitrogen and oxygen atoms in total. The smallest absolute Gasteiger partial charge is 0.0456 e. The third-order valence-electron chi connectivity index (χ3n) is 1.39. The fraction of sp³-hybridized carbons (Fsp3) is 0.400. The SMILES string of the molecule is CC.CSNc1ccc(C)c(Cl)c1. The third-order valence-corrected chi connectivity index (χ3v) is 2.24. The number of nitrogens with one attached hydrogen (secondary N) is 1. The van der Waals surface area contributed by atoms with Gasteiger partial charge in [-0.2, -0.15) is 0 Å². The lowest BCUT2D eigenvalue weighted by atomic mass is 10.2. The lowest BCUT2D eigenvalue weighted by Crippen LogP contribution is -1.84. The Kier molecular flexibility index (Phi) is 6.92. The van der Waals surface area contributed by atoms with Crippen molar-refractivity contribution in [3.8, 4) is 0 Å². The minimum absolute atomic E-state index is 0.809. The Balaban J connectivity index is 0.000000671. The van der Waals surface area contributed by atoms with E-state index in [4.69, 9.17) is 11.6 Å². The number of rotatable bonds is 2. The van der Waals surface area contributed by atoms with Gasteiger partial charge in [0.25, 0.3) is 0 Å². The molecule has 0 amide bonds. The van der Waals surface area contributed by atoms with Crippen LogP contribution in [0.1, 0.15) is 19.4 Å². The van der Waals surface area contributed by atoms with Gasteiger partial charge in [-0.25, -0.2) is 0 Å². The maximum absolute atomic E-state index is 5.90. The van der Waals surface area contributed by atoms with Gasteiger partial charge >= 0.3 is 0 Å². The Morgan fingerprint density at radius 1 is 1.31 bits per heavy atom. The molecule has 1 rings (SSSR count). The molecular formula is C10H16ClNS. The molecule has 0 radical (unpaired) electrons. The highest BCUT2D eigenvalue weighted by molar-refractivity contribution is 7.99. The Hall–Kier alpha value is -0.340. The number of benzene rings is 1. The van der Waals surface area contributed by atoms with Gasteiger partial charge in [-0.3, -0.25) is 0 Å². The zero-order valence-electron chi connectivity index (χ0n) is 8.52. The van der Waals surface area contributed by atoms with Crippen LogP contribution in [0.2, 0.25) is 5.02 Å². The second kappa shape index (κ2) is 7.10. The minimum Gasteiger partial charge on any atom is -0.330 e. The molecule has 0 atom stereocenters. The molecule has 0 aromatic heterocycles. The summed E-state index contributed by atoms with van der Waals surface area (Å²) in [5, 5.41) is 0.809. The Labute approximate surface area is 90.0 Å². The van der Waals surface area contributed by atoms with Crippen molar-refractivity contribution in [2.75, 3.05) is 11.0 Å². The Morgan fingerprint density at radius 3 is 2.38 bits per heavy atom. The van der Waals surface area contributed by atoms with Crippen molar-refractivity contribution in [3.05, 3.63) is 28.8 Å². The van der Waals surface area contributed by atoms with Crippen LogP contribution in [0, 0.1) is 6.92 Å². The summed E-state index contributed by atoms with van der Waals surface area (Å²) in [5.41, 5.74) is 2.16. The first-order chi connectivity index (χ1) is 6.24. The maximum atomic E-state index is 5.90. The van der Waals surface area contributed by atoms with Gasteiger partial charge < -0.3 is 4.72 Å². The quantitative estimate of drug-likeness (QED) is 0.739. The normalized spacial score (nSPS) is 8.69. The van der Waals surface area contributed by atoms with Gasteiger partial charge in [0.05, 0.1) is 0 Å².